The molecular weight excluding hydrogens is 395 g/mol. The SMILES string of the molecule is O=C(NC1CCCC1)N1c2nc(-c3cccc(C(F)(F)F)c3)ncc2N2CC[C@H]1C2. The Balaban J connectivity index is 1.51. The first-order chi connectivity index (χ1) is 14.4. The van der Waals surface area contributed by atoms with Crippen molar-refractivity contribution in [2.24, 2.45) is 0 Å². The number of nitrogens with zero attached hydrogens (tertiary/aromatic N) is 4. The summed E-state index contributed by atoms with van der Waals surface area (Å²) in [7, 11) is 0. The largest absolute Gasteiger partial charge is 0.416 e. The second-order valence-electron chi connectivity index (χ2n) is 8.17. The van der Waals surface area contributed by atoms with Gasteiger partial charge >= 0.3 is 12.2 Å². The van der Waals surface area contributed by atoms with E-state index >= 15 is 0 Å². The minimum atomic E-state index is -4.44. The first-order valence-corrected chi connectivity index (χ1v) is 10.3. The summed E-state index contributed by atoms with van der Waals surface area (Å²) in [4.78, 5) is 25.8. The summed E-state index contributed by atoms with van der Waals surface area (Å²) in [6, 6.07) is 4.96. The number of aromatic nitrogens is 2. The van der Waals surface area contributed by atoms with Crippen LogP contribution in [0.2, 0.25) is 0 Å². The highest BCUT2D eigenvalue weighted by Gasteiger charge is 2.41. The molecule has 1 aromatic carbocycles. The number of hydrogen-bond acceptors (Lipinski definition) is 4. The predicted molar refractivity (Wildman–Crippen MR) is 106 cm³/mol. The van der Waals surface area contributed by atoms with Gasteiger partial charge in [0.1, 0.15) is 0 Å². The van der Waals surface area contributed by atoms with Crippen LogP contribution >= 0.6 is 0 Å². The van der Waals surface area contributed by atoms with Crippen molar-refractivity contribution in [3.05, 3.63) is 36.0 Å². The highest BCUT2D eigenvalue weighted by molar-refractivity contribution is 5.97. The lowest BCUT2D eigenvalue weighted by atomic mass is 10.1. The Morgan fingerprint density at radius 3 is 2.73 bits per heavy atom. The van der Waals surface area contributed by atoms with Gasteiger partial charge in [0.25, 0.3) is 0 Å². The van der Waals surface area contributed by atoms with Crippen molar-refractivity contribution in [3.8, 4) is 11.4 Å². The molecule has 5 rings (SSSR count). The minimum absolute atomic E-state index is 0.00293. The molecular formula is C21H22F3N5O. The molecule has 2 aromatic rings. The van der Waals surface area contributed by atoms with Gasteiger partial charge in [0.2, 0.25) is 0 Å². The van der Waals surface area contributed by atoms with Gasteiger partial charge < -0.3 is 10.2 Å². The highest BCUT2D eigenvalue weighted by atomic mass is 19.4. The van der Waals surface area contributed by atoms with E-state index < -0.39 is 11.7 Å². The number of benzene rings is 1. The molecule has 6 nitrogen and oxygen atoms in total. The van der Waals surface area contributed by atoms with Crippen molar-refractivity contribution in [1.29, 1.82) is 0 Å². The standard InChI is InChI=1S/C21H22F3N5O/c22-21(23,24)14-5-3-4-13(10-14)18-25-11-17-19(27-18)29(16-8-9-28(17)12-16)20(30)26-15-6-1-2-7-15/h3-5,10-11,15-16H,1-2,6-9,12H2,(H,26,30)/t16-/m0/s1. The van der Waals surface area contributed by atoms with Gasteiger partial charge in [0.05, 0.1) is 23.5 Å². The van der Waals surface area contributed by atoms with Gasteiger partial charge in [0, 0.05) is 24.7 Å². The minimum Gasteiger partial charge on any atom is -0.365 e. The zero-order valence-electron chi connectivity index (χ0n) is 16.3. The Morgan fingerprint density at radius 1 is 1.17 bits per heavy atom. The second kappa shape index (κ2) is 7.14. The summed E-state index contributed by atoms with van der Waals surface area (Å²) >= 11 is 0. The maximum absolute atomic E-state index is 13.1. The van der Waals surface area contributed by atoms with Crippen molar-refractivity contribution < 1.29 is 18.0 Å². The molecule has 1 saturated heterocycles. The lowest BCUT2D eigenvalue weighted by Gasteiger charge is -2.36. The molecule has 0 radical (unpaired) electrons. The van der Waals surface area contributed by atoms with Crippen LogP contribution in [0.25, 0.3) is 11.4 Å². The van der Waals surface area contributed by atoms with Crippen molar-refractivity contribution in [2.45, 2.75) is 50.4 Å². The number of hydrogen-bond donors (Lipinski definition) is 1. The molecule has 9 heteroatoms. The molecule has 1 saturated carbocycles. The lowest BCUT2D eigenvalue weighted by molar-refractivity contribution is -0.137. The lowest BCUT2D eigenvalue weighted by Crippen LogP contribution is -2.52. The van der Waals surface area contributed by atoms with Crippen LogP contribution in [-0.4, -0.2) is 41.2 Å². The predicted octanol–water partition coefficient (Wildman–Crippen LogP) is 4.21. The van der Waals surface area contributed by atoms with Crippen LogP contribution in [0.5, 0.6) is 0 Å². The van der Waals surface area contributed by atoms with Crippen LogP contribution in [0.4, 0.5) is 29.5 Å². The van der Waals surface area contributed by atoms with Gasteiger partial charge in [-0.2, -0.15) is 13.2 Å². The zero-order valence-corrected chi connectivity index (χ0v) is 16.3. The van der Waals surface area contributed by atoms with Crippen LogP contribution in [-0.2, 0) is 6.18 Å². The van der Waals surface area contributed by atoms with Gasteiger partial charge in [-0.15, -0.1) is 0 Å². The molecule has 3 aliphatic rings. The molecule has 2 amide bonds. The quantitative estimate of drug-likeness (QED) is 0.795. The summed E-state index contributed by atoms with van der Waals surface area (Å²) in [6.45, 7) is 1.52. The Kier molecular flexibility index (Phi) is 4.56. The Bertz CT molecular complexity index is 973. The van der Waals surface area contributed by atoms with Crippen molar-refractivity contribution in [3.63, 3.8) is 0 Å². The Labute approximate surface area is 172 Å². The Hall–Kier alpha value is -2.84. The number of alkyl halides is 3. The summed E-state index contributed by atoms with van der Waals surface area (Å²) in [6.07, 6.45) is 2.18. The highest BCUT2D eigenvalue weighted by Crippen LogP contribution is 2.40. The van der Waals surface area contributed by atoms with E-state index in [0.29, 0.717) is 5.82 Å². The van der Waals surface area contributed by atoms with Crippen LogP contribution in [0, 0.1) is 0 Å². The average molecular weight is 417 g/mol. The van der Waals surface area contributed by atoms with Crippen molar-refractivity contribution >= 4 is 17.5 Å². The molecule has 1 aromatic heterocycles. The molecule has 0 unspecified atom stereocenters. The number of carbonyl (C=O) groups excluding carboxylic acids is 1. The first-order valence-electron chi connectivity index (χ1n) is 10.3. The molecule has 158 valence electrons. The van der Waals surface area contributed by atoms with Gasteiger partial charge in [-0.1, -0.05) is 25.0 Å². The van der Waals surface area contributed by atoms with Crippen LogP contribution in [0.15, 0.2) is 30.5 Å². The van der Waals surface area contributed by atoms with E-state index in [-0.39, 0.29) is 29.5 Å². The normalized spacial score (nSPS) is 21.1. The maximum atomic E-state index is 13.1. The number of rotatable bonds is 2. The Morgan fingerprint density at radius 2 is 1.97 bits per heavy atom. The summed E-state index contributed by atoms with van der Waals surface area (Å²) in [5, 5.41) is 3.12. The fraction of sp³-hybridized carbons (Fsp3) is 0.476. The molecule has 1 N–H and O–H groups in total. The zero-order chi connectivity index (χ0) is 20.9. The third-order valence-corrected chi connectivity index (χ3v) is 6.20. The van der Waals surface area contributed by atoms with Crippen LogP contribution < -0.4 is 15.1 Å². The van der Waals surface area contributed by atoms with Crippen LogP contribution in [0.3, 0.4) is 0 Å². The van der Waals surface area contributed by atoms with Crippen molar-refractivity contribution in [2.75, 3.05) is 22.9 Å². The number of amides is 2. The summed E-state index contributed by atoms with van der Waals surface area (Å²) in [5.41, 5.74) is 0.277. The first kappa shape index (κ1) is 19.1. The summed E-state index contributed by atoms with van der Waals surface area (Å²) < 4.78 is 39.4. The van der Waals surface area contributed by atoms with E-state index in [0.717, 1.165) is 63.0 Å². The van der Waals surface area contributed by atoms with Gasteiger partial charge in [0.15, 0.2) is 11.6 Å². The molecule has 1 aliphatic carbocycles. The topological polar surface area (TPSA) is 61.4 Å². The fourth-order valence-electron chi connectivity index (χ4n) is 4.66. The van der Waals surface area contributed by atoms with Gasteiger partial charge in [-0.3, -0.25) is 4.90 Å². The van der Waals surface area contributed by atoms with E-state index in [1.165, 1.54) is 6.07 Å². The molecule has 30 heavy (non-hydrogen) atoms. The molecule has 2 fully saturated rings. The molecule has 1 atom stereocenters. The third-order valence-electron chi connectivity index (χ3n) is 6.20. The average Bonchev–Trinajstić information content (AvgIpc) is 3.38. The number of urea groups is 1. The van der Waals surface area contributed by atoms with E-state index in [1.54, 1.807) is 17.2 Å². The second-order valence-corrected chi connectivity index (χ2v) is 8.17. The number of anilines is 2. The van der Waals surface area contributed by atoms with E-state index in [9.17, 15) is 18.0 Å². The number of nitrogens with one attached hydrogen (secondary N) is 1. The molecule has 2 bridgehead atoms. The number of fused-ring (bicyclic) bond motifs is 4. The fourth-order valence-corrected chi connectivity index (χ4v) is 4.66. The molecule has 0 spiro atoms. The maximum Gasteiger partial charge on any atom is 0.416 e. The van der Waals surface area contributed by atoms with Gasteiger partial charge in [-0.05, 0) is 31.4 Å². The smallest absolute Gasteiger partial charge is 0.365 e. The van der Waals surface area contributed by atoms with Crippen LogP contribution in [0.1, 0.15) is 37.7 Å². The molecule has 3 heterocycles. The summed E-state index contributed by atoms with van der Waals surface area (Å²) in [5.74, 6) is 0.655. The number of halogens is 3. The number of carbonyl (C=O) groups is 1. The van der Waals surface area contributed by atoms with E-state index in [1.807, 2.05) is 0 Å². The van der Waals surface area contributed by atoms with E-state index in [4.69, 9.17) is 0 Å². The van der Waals surface area contributed by atoms with E-state index in [2.05, 4.69) is 20.2 Å². The van der Waals surface area contributed by atoms with Crippen molar-refractivity contribution in [1.82, 2.24) is 15.3 Å². The van der Waals surface area contributed by atoms with Gasteiger partial charge in [-0.25, -0.2) is 14.8 Å². The monoisotopic (exact) mass is 417 g/mol. The third kappa shape index (κ3) is 3.36. The molecule has 2 aliphatic heterocycles.